The van der Waals surface area contributed by atoms with E-state index in [4.69, 9.17) is 11.6 Å². The lowest BCUT2D eigenvalue weighted by molar-refractivity contribution is -0.126. The minimum atomic E-state index is -0.449. The molecule has 1 aliphatic rings. The Bertz CT molecular complexity index is 733. The van der Waals surface area contributed by atoms with E-state index in [1.807, 2.05) is 54.6 Å². The molecule has 2 N–H and O–H groups in total. The maximum Gasteiger partial charge on any atom is 0.243 e. The number of rotatable bonds is 5. The summed E-state index contributed by atoms with van der Waals surface area (Å²) in [5, 5.41) is 6.45. The van der Waals surface area contributed by atoms with Crippen LogP contribution >= 0.6 is 11.6 Å². The maximum atomic E-state index is 12.5. The van der Waals surface area contributed by atoms with Gasteiger partial charge < -0.3 is 10.6 Å². The highest BCUT2D eigenvalue weighted by molar-refractivity contribution is 6.31. The van der Waals surface area contributed by atoms with Gasteiger partial charge in [-0.05, 0) is 30.0 Å². The summed E-state index contributed by atoms with van der Waals surface area (Å²) in [5.74, 6) is -0.223. The first-order valence-corrected chi connectivity index (χ1v) is 8.39. The first kappa shape index (κ1) is 16.5. The van der Waals surface area contributed by atoms with Gasteiger partial charge in [0.25, 0.3) is 0 Å². The zero-order chi connectivity index (χ0) is 16.9. The lowest BCUT2D eigenvalue weighted by atomic mass is 9.98. The van der Waals surface area contributed by atoms with E-state index in [1.165, 1.54) is 0 Å². The Hall–Kier alpha value is -2.33. The molecule has 3 rings (SSSR count). The van der Waals surface area contributed by atoms with Crippen LogP contribution in [0.4, 0.5) is 0 Å². The van der Waals surface area contributed by atoms with Crippen LogP contribution < -0.4 is 10.6 Å². The molecule has 1 saturated heterocycles. The fourth-order valence-electron chi connectivity index (χ4n) is 2.90. The summed E-state index contributed by atoms with van der Waals surface area (Å²) in [6, 6.07) is 16.8. The van der Waals surface area contributed by atoms with E-state index < -0.39 is 6.04 Å². The van der Waals surface area contributed by atoms with Crippen molar-refractivity contribution in [2.24, 2.45) is 0 Å². The third-order valence-electron chi connectivity index (χ3n) is 4.21. The fourth-order valence-corrected chi connectivity index (χ4v) is 3.12. The van der Waals surface area contributed by atoms with Gasteiger partial charge in [0.1, 0.15) is 6.04 Å². The molecule has 4 nitrogen and oxygen atoms in total. The van der Waals surface area contributed by atoms with Crippen LogP contribution in [-0.2, 0) is 16.0 Å². The van der Waals surface area contributed by atoms with Crippen molar-refractivity contribution in [2.45, 2.75) is 31.3 Å². The van der Waals surface area contributed by atoms with Gasteiger partial charge in [-0.3, -0.25) is 9.59 Å². The van der Waals surface area contributed by atoms with Crippen LogP contribution in [0.25, 0.3) is 0 Å². The van der Waals surface area contributed by atoms with E-state index in [9.17, 15) is 9.59 Å². The summed E-state index contributed by atoms with van der Waals surface area (Å²) in [4.78, 5) is 23.8. The Balaban J connectivity index is 1.79. The highest BCUT2D eigenvalue weighted by Gasteiger charge is 2.29. The zero-order valence-corrected chi connectivity index (χ0v) is 13.9. The molecule has 1 fully saturated rings. The first-order chi connectivity index (χ1) is 11.6. The minimum Gasteiger partial charge on any atom is -0.347 e. The molecule has 124 valence electrons. The SMILES string of the molecule is O=C1CC[C@H](C(=O)NC(Cc2ccccc2Cl)c2ccccc2)N1. The summed E-state index contributed by atoms with van der Waals surface area (Å²) >= 11 is 6.27. The molecule has 0 spiro atoms. The van der Waals surface area contributed by atoms with Crippen LogP contribution in [0.3, 0.4) is 0 Å². The van der Waals surface area contributed by atoms with Gasteiger partial charge in [-0.15, -0.1) is 0 Å². The van der Waals surface area contributed by atoms with E-state index in [0.29, 0.717) is 24.3 Å². The zero-order valence-electron chi connectivity index (χ0n) is 13.2. The minimum absolute atomic E-state index is 0.0717. The molecule has 0 radical (unpaired) electrons. The third-order valence-corrected chi connectivity index (χ3v) is 4.58. The van der Waals surface area contributed by atoms with Gasteiger partial charge in [0, 0.05) is 11.4 Å². The van der Waals surface area contributed by atoms with Crippen molar-refractivity contribution in [3.8, 4) is 0 Å². The van der Waals surface area contributed by atoms with Crippen LogP contribution in [0.15, 0.2) is 54.6 Å². The van der Waals surface area contributed by atoms with Gasteiger partial charge >= 0.3 is 0 Å². The summed E-state index contributed by atoms with van der Waals surface area (Å²) in [7, 11) is 0. The number of hydrogen-bond donors (Lipinski definition) is 2. The Labute approximate surface area is 146 Å². The number of amides is 2. The highest BCUT2D eigenvalue weighted by atomic mass is 35.5. The Morgan fingerprint density at radius 3 is 2.54 bits per heavy atom. The standard InChI is InChI=1S/C19H19ClN2O2/c20-15-9-5-4-8-14(15)12-17(13-6-2-1-3-7-13)22-19(24)16-10-11-18(23)21-16/h1-9,16-17H,10-12H2,(H,21,23)(H,22,24)/t16-,17?/m1/s1. The number of hydrogen-bond acceptors (Lipinski definition) is 2. The molecule has 2 aromatic rings. The van der Waals surface area contributed by atoms with E-state index in [0.717, 1.165) is 11.1 Å². The molecule has 5 heteroatoms. The monoisotopic (exact) mass is 342 g/mol. The topological polar surface area (TPSA) is 58.2 Å². The van der Waals surface area contributed by atoms with Crippen LogP contribution in [0.1, 0.15) is 30.0 Å². The van der Waals surface area contributed by atoms with E-state index >= 15 is 0 Å². The first-order valence-electron chi connectivity index (χ1n) is 8.01. The van der Waals surface area contributed by atoms with Crippen molar-refractivity contribution >= 4 is 23.4 Å². The molecule has 0 bridgehead atoms. The van der Waals surface area contributed by atoms with E-state index in [2.05, 4.69) is 10.6 Å². The Kier molecular flexibility index (Phi) is 5.16. The average molecular weight is 343 g/mol. The molecule has 24 heavy (non-hydrogen) atoms. The van der Waals surface area contributed by atoms with Gasteiger partial charge in [0.2, 0.25) is 11.8 Å². The predicted octanol–water partition coefficient (Wildman–Crippen LogP) is 3.02. The average Bonchev–Trinajstić information content (AvgIpc) is 3.03. The fraction of sp³-hybridized carbons (Fsp3) is 0.263. The lowest BCUT2D eigenvalue weighted by Gasteiger charge is -2.22. The van der Waals surface area contributed by atoms with Crippen molar-refractivity contribution in [1.82, 2.24) is 10.6 Å². The summed E-state index contributed by atoms with van der Waals surface area (Å²) in [5.41, 5.74) is 1.99. The molecular weight excluding hydrogens is 324 g/mol. The second kappa shape index (κ2) is 7.49. The van der Waals surface area contributed by atoms with Crippen LogP contribution in [-0.4, -0.2) is 17.9 Å². The molecule has 1 heterocycles. The quantitative estimate of drug-likeness (QED) is 0.877. The summed E-state index contributed by atoms with van der Waals surface area (Å²) < 4.78 is 0. The number of nitrogens with one attached hydrogen (secondary N) is 2. The second-order valence-electron chi connectivity index (χ2n) is 5.93. The van der Waals surface area contributed by atoms with Crippen LogP contribution in [0, 0.1) is 0 Å². The predicted molar refractivity (Wildman–Crippen MR) is 93.6 cm³/mol. The third kappa shape index (κ3) is 3.95. The molecule has 0 saturated carbocycles. The molecule has 2 amide bonds. The number of halogens is 1. The largest absolute Gasteiger partial charge is 0.347 e. The number of benzene rings is 2. The summed E-state index contributed by atoms with van der Waals surface area (Å²) in [6.07, 6.45) is 1.53. The Morgan fingerprint density at radius 2 is 1.88 bits per heavy atom. The molecule has 2 atom stereocenters. The van der Waals surface area contributed by atoms with E-state index in [1.54, 1.807) is 0 Å². The van der Waals surface area contributed by atoms with E-state index in [-0.39, 0.29) is 17.9 Å². The number of carbonyl (C=O) groups excluding carboxylic acids is 2. The molecular formula is C19H19ClN2O2. The molecule has 1 aliphatic heterocycles. The normalized spacial score (nSPS) is 18.0. The van der Waals surface area contributed by atoms with Crippen molar-refractivity contribution in [3.05, 3.63) is 70.7 Å². The van der Waals surface area contributed by atoms with Crippen molar-refractivity contribution in [2.75, 3.05) is 0 Å². The van der Waals surface area contributed by atoms with Gasteiger partial charge in [0.15, 0.2) is 0 Å². The van der Waals surface area contributed by atoms with Gasteiger partial charge in [-0.2, -0.15) is 0 Å². The second-order valence-corrected chi connectivity index (χ2v) is 6.33. The van der Waals surface area contributed by atoms with Crippen LogP contribution in [0.2, 0.25) is 5.02 Å². The van der Waals surface area contributed by atoms with Crippen molar-refractivity contribution in [1.29, 1.82) is 0 Å². The number of carbonyl (C=O) groups is 2. The Morgan fingerprint density at radius 1 is 1.17 bits per heavy atom. The molecule has 1 unspecified atom stereocenters. The van der Waals surface area contributed by atoms with Crippen LogP contribution in [0.5, 0.6) is 0 Å². The highest BCUT2D eigenvalue weighted by Crippen LogP contribution is 2.24. The van der Waals surface area contributed by atoms with Crippen molar-refractivity contribution in [3.63, 3.8) is 0 Å². The molecule has 0 aliphatic carbocycles. The molecule has 0 aromatic heterocycles. The lowest BCUT2D eigenvalue weighted by Crippen LogP contribution is -2.43. The van der Waals surface area contributed by atoms with Gasteiger partial charge in [0.05, 0.1) is 6.04 Å². The van der Waals surface area contributed by atoms with Gasteiger partial charge in [-0.25, -0.2) is 0 Å². The van der Waals surface area contributed by atoms with Gasteiger partial charge in [-0.1, -0.05) is 60.1 Å². The summed E-state index contributed by atoms with van der Waals surface area (Å²) in [6.45, 7) is 0. The molecule has 2 aromatic carbocycles. The maximum absolute atomic E-state index is 12.5. The van der Waals surface area contributed by atoms with Crippen molar-refractivity contribution < 1.29 is 9.59 Å². The smallest absolute Gasteiger partial charge is 0.243 e.